The summed E-state index contributed by atoms with van der Waals surface area (Å²) in [7, 11) is 0. The lowest BCUT2D eigenvalue weighted by Gasteiger charge is -2.13. The summed E-state index contributed by atoms with van der Waals surface area (Å²) in [5.41, 5.74) is 1.33. The largest absolute Gasteiger partial charge is 0.269 e. The quantitative estimate of drug-likeness (QED) is 0.425. The van der Waals surface area contributed by atoms with Gasteiger partial charge in [-0.25, -0.2) is 0 Å². The summed E-state index contributed by atoms with van der Waals surface area (Å²) < 4.78 is 0. The van der Waals surface area contributed by atoms with Crippen LogP contribution < -0.4 is 0 Å². The van der Waals surface area contributed by atoms with Crippen molar-refractivity contribution in [2.24, 2.45) is 5.92 Å². The molecule has 2 rings (SSSR count). The zero-order valence-electron chi connectivity index (χ0n) is 11.1. The van der Waals surface area contributed by atoms with Crippen LogP contribution in [0.3, 0.4) is 0 Å². The summed E-state index contributed by atoms with van der Waals surface area (Å²) >= 11 is 3.74. The first-order chi connectivity index (χ1) is 9.15. The topological polar surface area (TPSA) is 43.1 Å². The van der Waals surface area contributed by atoms with Crippen LogP contribution in [-0.2, 0) is 6.42 Å². The third-order valence-corrected chi connectivity index (χ3v) is 4.75. The molecule has 4 heteroatoms. The number of hydrogen-bond acceptors (Lipinski definition) is 2. The predicted octanol–water partition coefficient (Wildman–Crippen LogP) is 4.87. The Kier molecular flexibility index (Phi) is 5.37. The van der Waals surface area contributed by atoms with Gasteiger partial charge in [-0.2, -0.15) is 0 Å². The molecule has 0 bridgehead atoms. The summed E-state index contributed by atoms with van der Waals surface area (Å²) in [5.74, 6) is 0.928. The molecule has 0 aromatic heterocycles. The Labute approximate surface area is 122 Å². The lowest BCUT2D eigenvalue weighted by atomic mass is 9.98. The van der Waals surface area contributed by atoms with E-state index in [4.69, 9.17) is 0 Å². The molecule has 3 nitrogen and oxygen atoms in total. The number of nitrogens with zero attached hydrogens (tertiary/aromatic N) is 1. The highest BCUT2D eigenvalue weighted by atomic mass is 79.9. The second kappa shape index (κ2) is 7.04. The molecule has 1 fully saturated rings. The van der Waals surface area contributed by atoms with Gasteiger partial charge >= 0.3 is 0 Å². The van der Waals surface area contributed by atoms with Crippen molar-refractivity contribution < 1.29 is 4.92 Å². The Bertz CT molecular complexity index is 413. The molecule has 0 heterocycles. The van der Waals surface area contributed by atoms with Gasteiger partial charge in [0.05, 0.1) is 4.92 Å². The maximum Gasteiger partial charge on any atom is 0.269 e. The van der Waals surface area contributed by atoms with Crippen LogP contribution in [0, 0.1) is 16.0 Å². The molecule has 19 heavy (non-hydrogen) atoms. The van der Waals surface area contributed by atoms with Gasteiger partial charge in [0.15, 0.2) is 0 Å². The number of non-ortho nitro benzene ring substituents is 1. The average molecular weight is 326 g/mol. The molecule has 0 N–H and O–H groups in total. The van der Waals surface area contributed by atoms with Crippen LogP contribution in [0.5, 0.6) is 0 Å². The molecule has 1 unspecified atom stereocenters. The molecule has 0 spiro atoms. The van der Waals surface area contributed by atoms with Crippen LogP contribution >= 0.6 is 15.9 Å². The SMILES string of the molecule is O=[N+]([O-])c1ccc(CC(Br)CCC2CCCC2)cc1. The molecule has 0 radical (unpaired) electrons. The van der Waals surface area contributed by atoms with Crippen molar-refractivity contribution in [1.82, 2.24) is 0 Å². The Hall–Kier alpha value is -0.900. The van der Waals surface area contributed by atoms with Crippen molar-refractivity contribution in [2.45, 2.75) is 49.8 Å². The fraction of sp³-hybridized carbons (Fsp3) is 0.600. The number of hydrogen-bond donors (Lipinski definition) is 0. The van der Waals surface area contributed by atoms with Gasteiger partial charge in [0, 0.05) is 17.0 Å². The smallest absolute Gasteiger partial charge is 0.258 e. The third-order valence-electron chi connectivity index (χ3n) is 3.97. The first-order valence-electron chi connectivity index (χ1n) is 7.02. The number of nitro benzene ring substituents is 1. The van der Waals surface area contributed by atoms with Crippen LogP contribution in [0.25, 0.3) is 0 Å². The van der Waals surface area contributed by atoms with Crippen molar-refractivity contribution in [1.29, 1.82) is 0 Å². The van der Waals surface area contributed by atoms with Crippen LogP contribution in [-0.4, -0.2) is 9.75 Å². The van der Waals surface area contributed by atoms with Gasteiger partial charge in [0.1, 0.15) is 0 Å². The Morgan fingerprint density at radius 3 is 2.47 bits per heavy atom. The first kappa shape index (κ1) is 14.5. The first-order valence-corrected chi connectivity index (χ1v) is 7.94. The fourth-order valence-electron chi connectivity index (χ4n) is 2.83. The predicted molar refractivity (Wildman–Crippen MR) is 80.7 cm³/mol. The molecule has 1 aromatic rings. The molecule has 1 aliphatic carbocycles. The Morgan fingerprint density at radius 2 is 1.89 bits per heavy atom. The van der Waals surface area contributed by atoms with Crippen molar-refractivity contribution >= 4 is 21.6 Å². The van der Waals surface area contributed by atoms with Gasteiger partial charge in [0.2, 0.25) is 0 Å². The van der Waals surface area contributed by atoms with Crippen molar-refractivity contribution in [2.75, 3.05) is 0 Å². The molecule has 1 aromatic carbocycles. The van der Waals surface area contributed by atoms with Crippen molar-refractivity contribution in [3.63, 3.8) is 0 Å². The summed E-state index contributed by atoms with van der Waals surface area (Å²) in [5, 5.41) is 10.6. The second-order valence-electron chi connectivity index (χ2n) is 5.45. The monoisotopic (exact) mass is 325 g/mol. The van der Waals surface area contributed by atoms with E-state index in [2.05, 4.69) is 15.9 Å². The van der Waals surface area contributed by atoms with Gasteiger partial charge in [-0.15, -0.1) is 0 Å². The summed E-state index contributed by atoms with van der Waals surface area (Å²) in [4.78, 5) is 10.7. The van der Waals surface area contributed by atoms with Crippen LogP contribution in [0.2, 0.25) is 0 Å². The van der Waals surface area contributed by atoms with E-state index >= 15 is 0 Å². The second-order valence-corrected chi connectivity index (χ2v) is 6.75. The van der Waals surface area contributed by atoms with Crippen LogP contribution in [0.15, 0.2) is 24.3 Å². The summed E-state index contributed by atoms with van der Waals surface area (Å²) in [6.07, 6.45) is 9.06. The third kappa shape index (κ3) is 4.60. The molecule has 0 amide bonds. The highest BCUT2D eigenvalue weighted by molar-refractivity contribution is 9.09. The normalized spacial score (nSPS) is 17.5. The van der Waals surface area contributed by atoms with Gasteiger partial charge in [-0.3, -0.25) is 10.1 Å². The van der Waals surface area contributed by atoms with Gasteiger partial charge in [0.25, 0.3) is 5.69 Å². The molecule has 1 atom stereocenters. The number of rotatable bonds is 6. The van der Waals surface area contributed by atoms with Crippen LogP contribution in [0.4, 0.5) is 5.69 Å². The van der Waals surface area contributed by atoms with Crippen molar-refractivity contribution in [3.8, 4) is 0 Å². The number of alkyl halides is 1. The van der Waals surface area contributed by atoms with Crippen molar-refractivity contribution in [3.05, 3.63) is 39.9 Å². The molecule has 1 saturated carbocycles. The number of halogens is 1. The molecule has 1 aliphatic rings. The minimum Gasteiger partial charge on any atom is -0.258 e. The van der Waals surface area contributed by atoms with Gasteiger partial charge in [-0.05, 0) is 30.7 Å². The van der Waals surface area contributed by atoms with E-state index in [1.807, 2.05) is 12.1 Å². The Balaban J connectivity index is 1.77. The Morgan fingerprint density at radius 1 is 1.26 bits per heavy atom. The molecule has 104 valence electrons. The number of nitro groups is 1. The lowest BCUT2D eigenvalue weighted by Crippen LogP contribution is -2.05. The lowest BCUT2D eigenvalue weighted by molar-refractivity contribution is -0.384. The highest BCUT2D eigenvalue weighted by Gasteiger charge is 2.16. The van der Waals surface area contributed by atoms with Crippen LogP contribution in [0.1, 0.15) is 44.1 Å². The van der Waals surface area contributed by atoms with Gasteiger partial charge < -0.3 is 0 Å². The maximum absolute atomic E-state index is 10.6. The maximum atomic E-state index is 10.6. The summed E-state index contributed by atoms with van der Waals surface area (Å²) in [6, 6.07) is 6.90. The highest BCUT2D eigenvalue weighted by Crippen LogP contribution is 2.30. The zero-order valence-corrected chi connectivity index (χ0v) is 12.6. The molecular formula is C15H20BrNO2. The van der Waals surface area contributed by atoms with E-state index in [9.17, 15) is 10.1 Å². The van der Waals surface area contributed by atoms with E-state index in [1.165, 1.54) is 44.1 Å². The van der Waals surface area contributed by atoms with E-state index in [0.717, 1.165) is 12.3 Å². The zero-order chi connectivity index (χ0) is 13.7. The fourth-order valence-corrected chi connectivity index (χ4v) is 3.47. The minimum absolute atomic E-state index is 0.167. The molecular weight excluding hydrogens is 306 g/mol. The molecule has 0 aliphatic heterocycles. The van der Waals surface area contributed by atoms with E-state index in [0.29, 0.717) is 4.83 Å². The molecule has 0 saturated heterocycles. The van der Waals surface area contributed by atoms with Gasteiger partial charge in [-0.1, -0.05) is 53.7 Å². The minimum atomic E-state index is -0.352. The van der Waals surface area contributed by atoms with E-state index in [1.54, 1.807) is 12.1 Å². The van der Waals surface area contributed by atoms with E-state index < -0.39 is 0 Å². The average Bonchev–Trinajstić information content (AvgIpc) is 2.90. The van der Waals surface area contributed by atoms with E-state index in [-0.39, 0.29) is 10.6 Å². The summed E-state index contributed by atoms with van der Waals surface area (Å²) in [6.45, 7) is 0. The standard InChI is InChI=1S/C15H20BrNO2/c16-14(8-5-12-3-1-2-4-12)11-13-6-9-15(10-7-13)17(18)19/h6-7,9-10,12,14H,1-5,8,11H2. The number of benzene rings is 1.